The predicted molar refractivity (Wildman–Crippen MR) is 266 cm³/mol. The summed E-state index contributed by atoms with van der Waals surface area (Å²) in [5, 5.41) is 22.7. The second kappa shape index (κ2) is 15.6. The molecule has 2 aromatic heterocycles. The first kappa shape index (κ1) is 36.0. The molecule has 0 nitrogen and oxygen atoms in total. The van der Waals surface area contributed by atoms with Crippen LogP contribution in [0.3, 0.4) is 0 Å². The van der Waals surface area contributed by atoms with Crippen LogP contribution in [-0.2, 0) is 0 Å². The normalized spacial score (nSPS) is 11.3. The SMILES string of the molecule is c1cc2ccc(-c3ccc4ccsc4c3)cc2s1.c1ccc2c(-c3cccc4ccccc34)cccc2c1.c1ccc2cc3c(ccc4cc5ccccc5cc43)cc2c1. The van der Waals surface area contributed by atoms with Crippen molar-refractivity contribution in [3.05, 3.63) is 229 Å². The van der Waals surface area contributed by atoms with E-state index in [1.54, 1.807) is 22.7 Å². The Hall–Kier alpha value is -7.10. The molecule has 282 valence electrons. The maximum atomic E-state index is 2.32. The zero-order valence-electron chi connectivity index (χ0n) is 32.8. The third-order valence-corrected chi connectivity index (χ3v) is 13.4. The minimum Gasteiger partial charge on any atom is -0.144 e. The van der Waals surface area contributed by atoms with Gasteiger partial charge in [0.25, 0.3) is 0 Å². The molecule has 0 aliphatic carbocycles. The summed E-state index contributed by atoms with van der Waals surface area (Å²) >= 11 is 3.61. The maximum Gasteiger partial charge on any atom is 0.0348 e. The van der Waals surface area contributed by atoms with Crippen LogP contribution in [0.5, 0.6) is 0 Å². The zero-order valence-corrected chi connectivity index (χ0v) is 34.4. The summed E-state index contributed by atoms with van der Waals surface area (Å²) in [6, 6.07) is 78.8. The van der Waals surface area contributed by atoms with Crippen LogP contribution in [0.25, 0.3) is 107 Å². The number of thiophene rings is 2. The molecule has 0 N–H and O–H groups in total. The second-order valence-electron chi connectivity index (χ2n) is 15.3. The Balaban J connectivity index is 0.000000103. The first-order valence-electron chi connectivity index (χ1n) is 20.4. The largest absolute Gasteiger partial charge is 0.144 e. The molecule has 13 aromatic rings. The van der Waals surface area contributed by atoms with Crippen LogP contribution in [-0.4, -0.2) is 0 Å². The van der Waals surface area contributed by atoms with Gasteiger partial charge in [0.05, 0.1) is 0 Å². The summed E-state index contributed by atoms with van der Waals surface area (Å²) in [5.74, 6) is 0. The number of rotatable bonds is 2. The fourth-order valence-corrected chi connectivity index (χ4v) is 10.3. The Kier molecular flexibility index (Phi) is 9.35. The van der Waals surface area contributed by atoms with Crippen molar-refractivity contribution in [2.75, 3.05) is 0 Å². The minimum absolute atomic E-state index is 1.29. The fraction of sp³-hybridized carbons (Fsp3) is 0. The van der Waals surface area contributed by atoms with Crippen molar-refractivity contribution in [2.45, 2.75) is 0 Å². The number of hydrogen-bond acceptors (Lipinski definition) is 2. The van der Waals surface area contributed by atoms with Gasteiger partial charge in [-0.1, -0.05) is 170 Å². The van der Waals surface area contributed by atoms with Crippen LogP contribution in [0.4, 0.5) is 0 Å². The molecule has 0 atom stereocenters. The number of fused-ring (bicyclic) bond motifs is 9. The lowest BCUT2D eigenvalue weighted by atomic mass is 9.94. The molecule has 0 aliphatic heterocycles. The molecule has 0 unspecified atom stereocenters. The van der Waals surface area contributed by atoms with Crippen LogP contribution in [0.2, 0.25) is 0 Å². The third kappa shape index (κ3) is 6.86. The lowest BCUT2D eigenvalue weighted by Crippen LogP contribution is -1.83. The van der Waals surface area contributed by atoms with Gasteiger partial charge in [0, 0.05) is 9.40 Å². The molecule has 11 aromatic carbocycles. The molecule has 0 bridgehead atoms. The van der Waals surface area contributed by atoms with E-state index in [9.17, 15) is 0 Å². The van der Waals surface area contributed by atoms with E-state index in [2.05, 4.69) is 229 Å². The van der Waals surface area contributed by atoms with Crippen LogP contribution in [0.15, 0.2) is 229 Å². The van der Waals surface area contributed by atoms with Crippen molar-refractivity contribution in [1.29, 1.82) is 0 Å². The van der Waals surface area contributed by atoms with Crippen molar-refractivity contribution in [2.24, 2.45) is 0 Å². The van der Waals surface area contributed by atoms with Crippen LogP contribution in [0, 0.1) is 0 Å². The minimum atomic E-state index is 1.29. The summed E-state index contributed by atoms with van der Waals surface area (Å²) in [7, 11) is 0. The van der Waals surface area contributed by atoms with Gasteiger partial charge in [0.1, 0.15) is 0 Å². The van der Waals surface area contributed by atoms with E-state index < -0.39 is 0 Å². The topological polar surface area (TPSA) is 0 Å². The lowest BCUT2D eigenvalue weighted by molar-refractivity contribution is 1.68. The van der Waals surface area contributed by atoms with Gasteiger partial charge in [-0.05, 0) is 157 Å². The standard InChI is InChI=1S/C22H14.C20H14.C16H10S2/c1-3-7-17-13-21-19(11-15(17)5-1)9-10-20-12-16-6-2-4-8-18(16)14-22(20)21;1-3-11-17-15(7-1)9-5-13-19(17)20-14-6-10-16-8-2-4-12-18(16)20;1-3-13(9-15-11(1)5-7-17-15)14-4-2-12-6-8-18-16(12)10-14/h1-14H;1-14H;1-10H. The highest BCUT2D eigenvalue weighted by Crippen LogP contribution is 2.35. The lowest BCUT2D eigenvalue weighted by Gasteiger charge is -2.10. The highest BCUT2D eigenvalue weighted by molar-refractivity contribution is 7.17. The van der Waals surface area contributed by atoms with E-state index >= 15 is 0 Å². The number of benzene rings is 11. The first-order chi connectivity index (χ1) is 29.7. The second-order valence-corrected chi connectivity index (χ2v) is 17.2. The average molecular weight is 799 g/mol. The Bertz CT molecular complexity index is 3420. The Morgan fingerprint density at radius 1 is 0.217 bits per heavy atom. The summed E-state index contributed by atoms with van der Waals surface area (Å²) in [6.07, 6.45) is 0. The summed E-state index contributed by atoms with van der Waals surface area (Å²) in [6.45, 7) is 0. The molecule has 2 heteroatoms. The van der Waals surface area contributed by atoms with Crippen LogP contribution >= 0.6 is 22.7 Å². The van der Waals surface area contributed by atoms with E-state index in [-0.39, 0.29) is 0 Å². The molecule has 0 saturated carbocycles. The molecule has 0 saturated heterocycles. The highest BCUT2D eigenvalue weighted by atomic mass is 32.1. The van der Waals surface area contributed by atoms with E-state index in [0.717, 1.165) is 0 Å². The smallest absolute Gasteiger partial charge is 0.0348 e. The predicted octanol–water partition coefficient (Wildman–Crippen LogP) is 17.7. The Morgan fingerprint density at radius 3 is 1.03 bits per heavy atom. The summed E-state index contributed by atoms with van der Waals surface area (Å²) in [4.78, 5) is 0. The summed E-state index contributed by atoms with van der Waals surface area (Å²) in [5.41, 5.74) is 5.22. The van der Waals surface area contributed by atoms with Crippen molar-refractivity contribution < 1.29 is 0 Å². The molecule has 0 fully saturated rings. The average Bonchev–Trinajstić information content (AvgIpc) is 4.00. The van der Waals surface area contributed by atoms with Gasteiger partial charge in [-0.25, -0.2) is 0 Å². The molecule has 2 heterocycles. The number of hydrogen-bond donors (Lipinski definition) is 0. The van der Waals surface area contributed by atoms with Crippen molar-refractivity contribution in [3.63, 3.8) is 0 Å². The van der Waals surface area contributed by atoms with Gasteiger partial charge >= 0.3 is 0 Å². The zero-order chi connectivity index (χ0) is 39.8. The van der Waals surface area contributed by atoms with Crippen molar-refractivity contribution in [1.82, 2.24) is 0 Å². The molecule has 60 heavy (non-hydrogen) atoms. The molecule has 0 amide bonds. The first-order valence-corrected chi connectivity index (χ1v) is 22.1. The van der Waals surface area contributed by atoms with Gasteiger partial charge < -0.3 is 0 Å². The van der Waals surface area contributed by atoms with Gasteiger partial charge in [0.15, 0.2) is 0 Å². The van der Waals surface area contributed by atoms with Crippen molar-refractivity contribution in [3.8, 4) is 22.3 Å². The molecular formula is C58H38S2. The highest BCUT2D eigenvalue weighted by Gasteiger charge is 2.08. The fourth-order valence-electron chi connectivity index (χ4n) is 8.63. The molecule has 0 radical (unpaired) electrons. The van der Waals surface area contributed by atoms with E-state index in [1.165, 1.54) is 107 Å². The van der Waals surface area contributed by atoms with Crippen LogP contribution < -0.4 is 0 Å². The van der Waals surface area contributed by atoms with Crippen LogP contribution in [0.1, 0.15) is 0 Å². The third-order valence-electron chi connectivity index (χ3n) is 11.7. The van der Waals surface area contributed by atoms with Crippen molar-refractivity contribution >= 4 is 107 Å². The van der Waals surface area contributed by atoms with E-state index in [0.29, 0.717) is 0 Å². The maximum absolute atomic E-state index is 2.32. The Labute approximate surface area is 356 Å². The Morgan fingerprint density at radius 2 is 0.583 bits per heavy atom. The molecular weight excluding hydrogens is 761 g/mol. The van der Waals surface area contributed by atoms with E-state index in [1.807, 2.05) is 0 Å². The van der Waals surface area contributed by atoms with Gasteiger partial charge in [-0.2, -0.15) is 0 Å². The van der Waals surface area contributed by atoms with E-state index in [4.69, 9.17) is 0 Å². The molecule has 0 aliphatic rings. The molecule has 0 spiro atoms. The molecule has 13 rings (SSSR count). The summed E-state index contributed by atoms with van der Waals surface area (Å²) < 4.78 is 2.72. The van der Waals surface area contributed by atoms with Gasteiger partial charge in [-0.15, -0.1) is 22.7 Å². The van der Waals surface area contributed by atoms with Gasteiger partial charge in [-0.3, -0.25) is 0 Å². The monoisotopic (exact) mass is 798 g/mol. The van der Waals surface area contributed by atoms with Gasteiger partial charge in [0.2, 0.25) is 0 Å². The quantitative estimate of drug-likeness (QED) is 0.121.